The third-order valence-electron chi connectivity index (χ3n) is 4.44. The molecule has 0 atom stereocenters. The summed E-state index contributed by atoms with van der Waals surface area (Å²) in [5, 5.41) is 8.17. The third-order valence-corrected chi connectivity index (χ3v) is 4.44. The van der Waals surface area contributed by atoms with Crippen molar-refractivity contribution in [3.05, 3.63) is 66.2 Å². The molecule has 1 aromatic heterocycles. The molecule has 0 aliphatic rings. The summed E-state index contributed by atoms with van der Waals surface area (Å²) in [5.41, 5.74) is 5.72. The summed E-state index contributed by atoms with van der Waals surface area (Å²) in [7, 11) is 0. The highest BCUT2D eigenvalue weighted by atomic mass is 19.4. The monoisotopic (exact) mass is 464 g/mol. The number of ether oxygens (including phenoxy) is 1. The van der Waals surface area contributed by atoms with Gasteiger partial charge in [-0.3, -0.25) is 0 Å². The molecule has 0 bridgehead atoms. The molecule has 0 aliphatic heterocycles. The van der Waals surface area contributed by atoms with Gasteiger partial charge in [0, 0.05) is 11.8 Å². The number of benzene rings is 3. The van der Waals surface area contributed by atoms with Crippen molar-refractivity contribution in [2.75, 3.05) is 16.4 Å². The van der Waals surface area contributed by atoms with Gasteiger partial charge in [-0.25, -0.2) is 13.6 Å². The number of nitrogens with zero attached hydrogens (tertiary/aromatic N) is 1. The zero-order valence-electron chi connectivity index (χ0n) is 16.3. The lowest BCUT2D eigenvalue weighted by atomic mass is 10.0. The normalized spacial score (nSPS) is 11.4. The molecule has 7 nitrogen and oxygen atoms in total. The van der Waals surface area contributed by atoms with Gasteiger partial charge in [-0.2, -0.15) is 0 Å². The molecule has 2 amide bonds. The molecule has 3 aromatic carbocycles. The fourth-order valence-electron chi connectivity index (χ4n) is 3.15. The molecule has 0 radical (unpaired) electrons. The number of hydrogen-bond acceptors (Lipinski definition) is 5. The predicted octanol–water partition coefficient (Wildman–Crippen LogP) is 5.90. The molecular weight excluding hydrogens is 451 g/mol. The zero-order valence-corrected chi connectivity index (χ0v) is 16.3. The highest BCUT2D eigenvalue weighted by molar-refractivity contribution is 6.02. The first-order valence-electron chi connectivity index (χ1n) is 9.18. The van der Waals surface area contributed by atoms with Crippen LogP contribution in [0.3, 0.4) is 0 Å². The van der Waals surface area contributed by atoms with Crippen LogP contribution < -0.4 is 21.1 Å². The maximum absolute atomic E-state index is 14.7. The van der Waals surface area contributed by atoms with Crippen molar-refractivity contribution in [1.82, 2.24) is 5.16 Å². The Balaban J connectivity index is 1.55. The third kappa shape index (κ3) is 4.79. The molecule has 0 fully saturated rings. The fraction of sp³-hybridized carbons (Fsp3) is 0.0476. The molecule has 0 aliphatic carbocycles. The van der Waals surface area contributed by atoms with Crippen molar-refractivity contribution in [1.29, 1.82) is 0 Å². The van der Waals surface area contributed by atoms with E-state index in [4.69, 9.17) is 10.3 Å². The van der Waals surface area contributed by atoms with E-state index >= 15 is 0 Å². The highest BCUT2D eigenvalue weighted by Crippen LogP contribution is 2.35. The smallest absolute Gasteiger partial charge is 0.406 e. The quantitative estimate of drug-likeness (QED) is 0.327. The molecule has 12 heteroatoms. The second kappa shape index (κ2) is 8.30. The number of alkyl halides is 3. The van der Waals surface area contributed by atoms with Gasteiger partial charge in [0.2, 0.25) is 0 Å². The van der Waals surface area contributed by atoms with E-state index in [0.29, 0.717) is 16.5 Å². The number of halogens is 5. The van der Waals surface area contributed by atoms with Gasteiger partial charge in [-0.05, 0) is 41.5 Å². The Morgan fingerprint density at radius 1 is 1.00 bits per heavy atom. The molecule has 0 saturated carbocycles. The molecule has 4 N–H and O–H groups in total. The van der Waals surface area contributed by atoms with Crippen LogP contribution in [0.1, 0.15) is 0 Å². The Labute approximate surface area is 181 Å². The number of carbonyl (C=O) groups is 1. The fourth-order valence-corrected chi connectivity index (χ4v) is 3.15. The summed E-state index contributed by atoms with van der Waals surface area (Å²) >= 11 is 0. The van der Waals surface area contributed by atoms with Crippen molar-refractivity contribution in [3.63, 3.8) is 0 Å². The Hall–Kier alpha value is -4.35. The van der Waals surface area contributed by atoms with Gasteiger partial charge in [0.25, 0.3) is 0 Å². The van der Waals surface area contributed by atoms with Crippen LogP contribution in [0.4, 0.5) is 43.9 Å². The number of carbonyl (C=O) groups excluding carboxylic acids is 1. The van der Waals surface area contributed by atoms with Crippen LogP contribution in [0, 0.1) is 11.6 Å². The Kier molecular flexibility index (Phi) is 5.50. The van der Waals surface area contributed by atoms with Crippen molar-refractivity contribution in [2.24, 2.45) is 0 Å². The zero-order chi connectivity index (χ0) is 23.8. The number of hydrogen-bond donors (Lipinski definition) is 3. The van der Waals surface area contributed by atoms with Gasteiger partial charge in [0.15, 0.2) is 11.4 Å². The summed E-state index contributed by atoms with van der Waals surface area (Å²) in [5.74, 6) is -2.73. The van der Waals surface area contributed by atoms with E-state index in [2.05, 4.69) is 15.2 Å². The van der Waals surface area contributed by atoms with Gasteiger partial charge in [-0.15, -0.1) is 13.2 Å². The van der Waals surface area contributed by atoms with Crippen LogP contribution in [-0.2, 0) is 0 Å². The number of nitrogens with two attached hydrogens (primary N) is 1. The summed E-state index contributed by atoms with van der Waals surface area (Å²) in [6.07, 6.45) is -4.92. The van der Waals surface area contributed by atoms with Crippen molar-refractivity contribution in [2.45, 2.75) is 6.36 Å². The average Bonchev–Trinajstić information content (AvgIpc) is 3.11. The van der Waals surface area contributed by atoms with Crippen molar-refractivity contribution < 1.29 is 36.0 Å². The van der Waals surface area contributed by atoms with Gasteiger partial charge in [-0.1, -0.05) is 23.4 Å². The standard InChI is InChI=1S/C21H13F5N4O3/c22-14-7-10(13-5-2-6-16-17(13)19(27)30-33-16)8-15(23)18(14)29-20(31)28-11-3-1-4-12(9-11)32-21(24,25)26/h1-9H,(H2,27,30)(H2,28,29,31). The van der Waals surface area contributed by atoms with Crippen LogP contribution in [-0.4, -0.2) is 17.6 Å². The van der Waals surface area contributed by atoms with Gasteiger partial charge >= 0.3 is 12.4 Å². The second-order valence-electron chi connectivity index (χ2n) is 6.72. The number of fused-ring (bicyclic) bond motifs is 1. The molecule has 0 spiro atoms. The Morgan fingerprint density at radius 3 is 2.39 bits per heavy atom. The highest BCUT2D eigenvalue weighted by Gasteiger charge is 2.31. The lowest BCUT2D eigenvalue weighted by molar-refractivity contribution is -0.274. The Morgan fingerprint density at radius 2 is 1.70 bits per heavy atom. The number of urea groups is 1. The van der Waals surface area contributed by atoms with Crippen LogP contribution in [0.15, 0.2) is 59.1 Å². The summed E-state index contributed by atoms with van der Waals surface area (Å²) in [6, 6.07) is 10.0. The first-order chi connectivity index (χ1) is 15.6. The molecule has 170 valence electrons. The second-order valence-corrected chi connectivity index (χ2v) is 6.72. The first-order valence-corrected chi connectivity index (χ1v) is 9.18. The number of nitrogen functional groups attached to an aromatic ring is 1. The molecular formula is C21H13F5N4O3. The van der Waals surface area contributed by atoms with Crippen LogP contribution in [0.5, 0.6) is 5.75 Å². The van der Waals surface area contributed by atoms with Gasteiger partial charge < -0.3 is 25.6 Å². The van der Waals surface area contributed by atoms with Gasteiger partial charge in [0.05, 0.1) is 5.39 Å². The van der Waals surface area contributed by atoms with Crippen LogP contribution >= 0.6 is 0 Å². The number of anilines is 3. The van der Waals surface area contributed by atoms with Crippen LogP contribution in [0.2, 0.25) is 0 Å². The first kappa shape index (κ1) is 21.9. The lowest BCUT2D eigenvalue weighted by Crippen LogP contribution is -2.21. The minimum atomic E-state index is -4.92. The summed E-state index contributed by atoms with van der Waals surface area (Å²) in [4.78, 5) is 12.2. The van der Waals surface area contributed by atoms with E-state index in [0.717, 1.165) is 24.3 Å². The summed E-state index contributed by atoms with van der Waals surface area (Å²) in [6.45, 7) is 0. The lowest BCUT2D eigenvalue weighted by Gasteiger charge is -2.13. The number of rotatable bonds is 4. The van der Waals surface area contributed by atoms with E-state index in [1.165, 1.54) is 12.1 Å². The van der Waals surface area contributed by atoms with Crippen LogP contribution in [0.25, 0.3) is 22.1 Å². The topological polar surface area (TPSA) is 102 Å². The van der Waals surface area contributed by atoms with Crippen molar-refractivity contribution >= 4 is 34.2 Å². The number of nitrogens with one attached hydrogen (secondary N) is 2. The largest absolute Gasteiger partial charge is 0.573 e. The molecule has 1 heterocycles. The minimum Gasteiger partial charge on any atom is -0.406 e. The van der Waals surface area contributed by atoms with E-state index in [9.17, 15) is 26.7 Å². The van der Waals surface area contributed by atoms with E-state index in [1.807, 2.05) is 5.32 Å². The van der Waals surface area contributed by atoms with Gasteiger partial charge in [0.1, 0.15) is 23.1 Å². The maximum Gasteiger partial charge on any atom is 0.573 e. The molecule has 0 saturated heterocycles. The SMILES string of the molecule is Nc1noc2cccc(-c3cc(F)c(NC(=O)Nc4cccc(OC(F)(F)F)c4)c(F)c3)c12. The molecule has 4 aromatic rings. The van der Waals surface area contributed by atoms with E-state index < -0.39 is 35.5 Å². The van der Waals surface area contributed by atoms with E-state index in [-0.39, 0.29) is 17.1 Å². The average molecular weight is 464 g/mol. The maximum atomic E-state index is 14.7. The molecule has 4 rings (SSSR count). The predicted molar refractivity (Wildman–Crippen MR) is 110 cm³/mol. The number of aromatic nitrogens is 1. The van der Waals surface area contributed by atoms with E-state index in [1.54, 1.807) is 18.2 Å². The minimum absolute atomic E-state index is 0.0414. The number of amides is 2. The molecule has 33 heavy (non-hydrogen) atoms. The van der Waals surface area contributed by atoms with Crippen molar-refractivity contribution in [3.8, 4) is 16.9 Å². The summed E-state index contributed by atoms with van der Waals surface area (Å²) < 4.78 is 75.2. The Bertz CT molecular complexity index is 1330. The molecule has 0 unspecified atom stereocenters.